The molecule has 104 valence electrons. The number of hydrogen-bond donors (Lipinski definition) is 2. The van der Waals surface area contributed by atoms with Crippen molar-refractivity contribution in [2.75, 3.05) is 6.54 Å². The van der Waals surface area contributed by atoms with E-state index in [1.165, 1.54) is 5.32 Å². The lowest BCUT2D eigenvalue weighted by Gasteiger charge is -2.11. The molecule has 1 rings (SSSR count). The molecule has 0 fully saturated rings. The van der Waals surface area contributed by atoms with Crippen molar-refractivity contribution in [2.45, 2.75) is 18.6 Å². The molecule has 0 unspecified atom stereocenters. The number of alkyl halides is 3. The van der Waals surface area contributed by atoms with E-state index >= 15 is 0 Å². The Morgan fingerprint density at radius 3 is 2.32 bits per heavy atom. The molecule has 7 heteroatoms. The lowest BCUT2D eigenvalue weighted by molar-refractivity contribution is -0.146. The van der Waals surface area contributed by atoms with Crippen LogP contribution in [0.2, 0.25) is 0 Å². The Balaban J connectivity index is 2.50. The van der Waals surface area contributed by atoms with Gasteiger partial charge in [0, 0.05) is 0 Å². The number of hydrogen-bond acceptors (Lipinski definition) is 3. The molecule has 19 heavy (non-hydrogen) atoms. The lowest BCUT2D eigenvalue weighted by Crippen LogP contribution is -2.46. The summed E-state index contributed by atoms with van der Waals surface area (Å²) in [5, 5.41) is 1.50. The van der Waals surface area contributed by atoms with Crippen molar-refractivity contribution in [2.24, 2.45) is 5.73 Å². The van der Waals surface area contributed by atoms with E-state index in [0.717, 1.165) is 5.56 Å². The van der Waals surface area contributed by atoms with E-state index in [-0.39, 0.29) is 6.42 Å². The van der Waals surface area contributed by atoms with Crippen molar-refractivity contribution < 1.29 is 22.8 Å². The van der Waals surface area contributed by atoms with Crippen molar-refractivity contribution >= 4 is 11.7 Å². The van der Waals surface area contributed by atoms with Gasteiger partial charge in [-0.15, -0.1) is 0 Å². The first-order chi connectivity index (χ1) is 8.79. The smallest absolute Gasteiger partial charge is 0.340 e. The summed E-state index contributed by atoms with van der Waals surface area (Å²) in [6, 6.07) is 7.50. The van der Waals surface area contributed by atoms with Crippen LogP contribution in [0, 0.1) is 0 Å². The molecule has 0 bridgehead atoms. The number of carbonyl (C=O) groups is 2. The van der Waals surface area contributed by atoms with Crippen molar-refractivity contribution in [1.82, 2.24) is 5.32 Å². The predicted octanol–water partition coefficient (Wildman–Crippen LogP) is 0.804. The van der Waals surface area contributed by atoms with Gasteiger partial charge in [0.15, 0.2) is 0 Å². The van der Waals surface area contributed by atoms with E-state index < -0.39 is 30.5 Å². The van der Waals surface area contributed by atoms with Gasteiger partial charge in [-0.25, -0.2) is 0 Å². The van der Waals surface area contributed by atoms with E-state index in [1.807, 2.05) is 0 Å². The molecule has 1 aromatic carbocycles. The van der Waals surface area contributed by atoms with Gasteiger partial charge in [0.05, 0.1) is 6.04 Å². The summed E-state index contributed by atoms with van der Waals surface area (Å²) in [5.41, 5.74) is 6.23. The molecule has 0 aliphatic rings. The lowest BCUT2D eigenvalue weighted by atomic mass is 10.0. The molecule has 0 spiro atoms. The number of amides is 1. The fourth-order valence-electron chi connectivity index (χ4n) is 1.40. The highest BCUT2D eigenvalue weighted by Crippen LogP contribution is 2.12. The Hall–Kier alpha value is -1.89. The van der Waals surface area contributed by atoms with Gasteiger partial charge < -0.3 is 11.1 Å². The summed E-state index contributed by atoms with van der Waals surface area (Å²) in [4.78, 5) is 22.6. The SMILES string of the molecule is N[C@@H](Cc1ccccc1)C(=O)C(=O)NCC(F)(F)F. The summed E-state index contributed by atoms with van der Waals surface area (Å²) in [6.45, 7) is -1.55. The predicted molar refractivity (Wildman–Crippen MR) is 62.2 cm³/mol. The van der Waals surface area contributed by atoms with Crippen molar-refractivity contribution in [3.8, 4) is 0 Å². The molecule has 1 aromatic rings. The number of Topliss-reactive ketones (excluding diaryl/α,β-unsaturated/α-hetero) is 1. The van der Waals surface area contributed by atoms with Crippen LogP contribution in [0.4, 0.5) is 13.2 Å². The van der Waals surface area contributed by atoms with E-state index in [9.17, 15) is 22.8 Å². The number of nitrogens with two attached hydrogens (primary N) is 1. The maximum atomic E-state index is 11.9. The van der Waals surface area contributed by atoms with Crippen LogP contribution in [0.1, 0.15) is 5.56 Å². The minimum absolute atomic E-state index is 0.0963. The van der Waals surface area contributed by atoms with Gasteiger partial charge in [0.25, 0.3) is 5.91 Å². The van der Waals surface area contributed by atoms with Crippen LogP contribution in [0.3, 0.4) is 0 Å². The molecule has 0 aliphatic carbocycles. The second kappa shape index (κ2) is 6.33. The summed E-state index contributed by atoms with van der Waals surface area (Å²) in [7, 11) is 0. The van der Waals surface area contributed by atoms with Gasteiger partial charge in [-0.05, 0) is 12.0 Å². The van der Waals surface area contributed by atoms with Gasteiger partial charge >= 0.3 is 6.18 Å². The van der Waals surface area contributed by atoms with Crippen LogP contribution in [-0.2, 0) is 16.0 Å². The first kappa shape index (κ1) is 15.2. The first-order valence-corrected chi connectivity index (χ1v) is 5.48. The molecule has 0 aliphatic heterocycles. The topological polar surface area (TPSA) is 72.2 Å². The fraction of sp³-hybridized carbons (Fsp3) is 0.333. The molecule has 0 radical (unpaired) electrons. The Morgan fingerprint density at radius 2 is 1.79 bits per heavy atom. The van der Waals surface area contributed by atoms with Gasteiger partial charge in [-0.3, -0.25) is 9.59 Å². The fourth-order valence-corrected chi connectivity index (χ4v) is 1.40. The van der Waals surface area contributed by atoms with Crippen LogP contribution in [0.5, 0.6) is 0 Å². The Bertz CT molecular complexity index is 446. The normalized spacial score (nSPS) is 12.8. The first-order valence-electron chi connectivity index (χ1n) is 5.48. The highest BCUT2D eigenvalue weighted by molar-refractivity contribution is 6.38. The average Bonchev–Trinajstić information content (AvgIpc) is 2.35. The Labute approximate surface area is 107 Å². The zero-order valence-corrected chi connectivity index (χ0v) is 9.91. The molecular weight excluding hydrogens is 261 g/mol. The van der Waals surface area contributed by atoms with E-state index in [2.05, 4.69) is 0 Å². The highest BCUT2D eigenvalue weighted by atomic mass is 19.4. The molecule has 0 saturated carbocycles. The Kier molecular flexibility index (Phi) is 5.05. The number of halogens is 3. The van der Waals surface area contributed by atoms with E-state index in [1.54, 1.807) is 30.3 Å². The number of carbonyl (C=O) groups excluding carboxylic acids is 2. The number of ketones is 1. The van der Waals surface area contributed by atoms with Gasteiger partial charge in [-0.1, -0.05) is 30.3 Å². The van der Waals surface area contributed by atoms with Crippen molar-refractivity contribution in [3.63, 3.8) is 0 Å². The third-order valence-electron chi connectivity index (χ3n) is 2.31. The maximum absolute atomic E-state index is 11.9. The highest BCUT2D eigenvalue weighted by Gasteiger charge is 2.30. The van der Waals surface area contributed by atoms with Gasteiger partial charge in [-0.2, -0.15) is 13.2 Å². The number of rotatable bonds is 5. The quantitative estimate of drug-likeness (QED) is 0.780. The zero-order chi connectivity index (χ0) is 14.5. The van der Waals surface area contributed by atoms with E-state index in [4.69, 9.17) is 5.73 Å². The van der Waals surface area contributed by atoms with Crippen LogP contribution < -0.4 is 11.1 Å². The largest absolute Gasteiger partial charge is 0.405 e. The van der Waals surface area contributed by atoms with Crippen molar-refractivity contribution in [3.05, 3.63) is 35.9 Å². The van der Waals surface area contributed by atoms with E-state index in [0.29, 0.717) is 0 Å². The minimum atomic E-state index is -4.56. The number of nitrogens with one attached hydrogen (secondary N) is 1. The molecule has 1 amide bonds. The molecular formula is C12H13F3N2O2. The monoisotopic (exact) mass is 274 g/mol. The van der Waals surface area contributed by atoms with Gasteiger partial charge in [0.1, 0.15) is 6.54 Å². The molecule has 3 N–H and O–H groups in total. The zero-order valence-electron chi connectivity index (χ0n) is 9.91. The summed E-state index contributed by atoms with van der Waals surface area (Å²) in [5.74, 6) is -2.38. The third-order valence-corrected chi connectivity index (χ3v) is 2.31. The average molecular weight is 274 g/mol. The second-order valence-electron chi connectivity index (χ2n) is 3.96. The summed E-state index contributed by atoms with van der Waals surface area (Å²) >= 11 is 0. The van der Waals surface area contributed by atoms with Crippen LogP contribution in [0.25, 0.3) is 0 Å². The van der Waals surface area contributed by atoms with Gasteiger partial charge in [0.2, 0.25) is 5.78 Å². The van der Waals surface area contributed by atoms with Crippen molar-refractivity contribution in [1.29, 1.82) is 0 Å². The molecule has 0 heterocycles. The standard InChI is InChI=1S/C12H13F3N2O2/c13-12(14,15)7-17-11(19)10(18)9(16)6-8-4-2-1-3-5-8/h1-5,9H,6-7,16H2,(H,17,19)/t9-/m0/s1. The minimum Gasteiger partial charge on any atom is -0.340 e. The number of benzene rings is 1. The van der Waals surface area contributed by atoms with Crippen LogP contribution in [0.15, 0.2) is 30.3 Å². The Morgan fingerprint density at radius 1 is 1.21 bits per heavy atom. The molecule has 0 aromatic heterocycles. The second-order valence-corrected chi connectivity index (χ2v) is 3.96. The maximum Gasteiger partial charge on any atom is 0.405 e. The summed E-state index contributed by atoms with van der Waals surface area (Å²) < 4.78 is 35.6. The summed E-state index contributed by atoms with van der Waals surface area (Å²) in [6.07, 6.45) is -4.46. The third kappa shape index (κ3) is 5.52. The molecule has 0 saturated heterocycles. The molecule has 1 atom stereocenters. The molecule has 4 nitrogen and oxygen atoms in total. The van der Waals surface area contributed by atoms with Crippen LogP contribution in [-0.4, -0.2) is 30.5 Å². The van der Waals surface area contributed by atoms with Crippen LogP contribution >= 0.6 is 0 Å².